The van der Waals surface area contributed by atoms with Crippen LogP contribution in [0.15, 0.2) is 28.2 Å². The molecule has 2 N–H and O–H groups in total. The first-order chi connectivity index (χ1) is 12.6. The van der Waals surface area contributed by atoms with Crippen molar-refractivity contribution in [2.45, 2.75) is 6.92 Å². The van der Waals surface area contributed by atoms with Crippen molar-refractivity contribution in [1.29, 1.82) is 0 Å². The Balaban J connectivity index is 1.77. The third kappa shape index (κ3) is 4.12. The highest BCUT2D eigenvalue weighted by Gasteiger charge is 2.25. The minimum atomic E-state index is -0.521. The molecule has 0 radical (unpaired) electrons. The number of hydrogen-bond donors (Lipinski definition) is 2. The lowest BCUT2D eigenvalue weighted by molar-refractivity contribution is -0.125. The number of esters is 1. The number of ether oxygens (including phenoxy) is 1. The second-order valence-electron chi connectivity index (χ2n) is 5.66. The zero-order chi connectivity index (χ0) is 18.5. The average Bonchev–Trinajstić information content (AvgIpc) is 3.24. The lowest BCUT2D eigenvalue weighted by Crippen LogP contribution is -2.49. The summed E-state index contributed by atoms with van der Waals surface area (Å²) in [6.45, 7) is 3.32. The Morgan fingerprint density at radius 3 is 3.00 bits per heavy atom. The summed E-state index contributed by atoms with van der Waals surface area (Å²) in [5, 5.41) is 7.62. The van der Waals surface area contributed by atoms with Crippen LogP contribution in [0.5, 0.6) is 0 Å². The number of piperazine rings is 1. The summed E-state index contributed by atoms with van der Waals surface area (Å²) in [7, 11) is 0. The minimum Gasteiger partial charge on any atom is -0.464 e. The number of carbonyl (C=O) groups excluding carboxylic acids is 3. The molecule has 0 saturated carbocycles. The number of furan rings is 1. The Morgan fingerprint density at radius 1 is 1.46 bits per heavy atom. The molecule has 8 nitrogen and oxygen atoms in total. The van der Waals surface area contributed by atoms with Gasteiger partial charge in [-0.25, -0.2) is 4.79 Å². The van der Waals surface area contributed by atoms with Crippen LogP contribution in [-0.4, -0.2) is 55.5 Å². The Morgan fingerprint density at radius 2 is 2.31 bits per heavy atom. The summed E-state index contributed by atoms with van der Waals surface area (Å²) >= 11 is 1.23. The molecule has 0 spiro atoms. The van der Waals surface area contributed by atoms with E-state index in [2.05, 4.69) is 10.6 Å². The maximum Gasteiger partial charge on any atom is 0.341 e. The summed E-state index contributed by atoms with van der Waals surface area (Å²) in [5.41, 5.74) is 0.850. The average molecular weight is 377 g/mol. The van der Waals surface area contributed by atoms with Crippen molar-refractivity contribution < 1.29 is 23.5 Å². The first kappa shape index (κ1) is 18.2. The van der Waals surface area contributed by atoms with Crippen LogP contribution in [0, 0.1) is 0 Å². The molecule has 0 bridgehead atoms. The fraction of sp³-hybridized carbons (Fsp3) is 0.353. The van der Waals surface area contributed by atoms with Gasteiger partial charge >= 0.3 is 5.97 Å². The van der Waals surface area contributed by atoms with Crippen LogP contribution in [0.3, 0.4) is 0 Å². The van der Waals surface area contributed by atoms with Gasteiger partial charge in [0.25, 0.3) is 0 Å². The first-order valence-electron chi connectivity index (χ1n) is 8.20. The zero-order valence-electron chi connectivity index (χ0n) is 14.2. The van der Waals surface area contributed by atoms with E-state index in [1.165, 1.54) is 17.6 Å². The second-order valence-corrected chi connectivity index (χ2v) is 6.54. The molecule has 2 amide bonds. The summed E-state index contributed by atoms with van der Waals surface area (Å²) < 4.78 is 10.5. The van der Waals surface area contributed by atoms with E-state index in [1.807, 2.05) is 0 Å². The number of nitrogens with zero attached hydrogens (tertiary/aromatic N) is 1. The lowest BCUT2D eigenvalue weighted by atomic mass is 10.1. The van der Waals surface area contributed by atoms with Gasteiger partial charge in [0, 0.05) is 24.0 Å². The normalized spacial score (nSPS) is 14.7. The third-order valence-electron chi connectivity index (χ3n) is 3.79. The van der Waals surface area contributed by atoms with Crippen molar-refractivity contribution in [3.8, 4) is 11.3 Å². The fourth-order valence-electron chi connectivity index (χ4n) is 2.66. The zero-order valence-corrected chi connectivity index (χ0v) is 15.1. The fourth-order valence-corrected chi connectivity index (χ4v) is 3.62. The van der Waals surface area contributed by atoms with Gasteiger partial charge in [0.2, 0.25) is 11.8 Å². The highest BCUT2D eigenvalue weighted by molar-refractivity contribution is 7.15. The van der Waals surface area contributed by atoms with E-state index in [0.717, 1.165) is 0 Å². The molecule has 1 aliphatic heterocycles. The highest BCUT2D eigenvalue weighted by atomic mass is 32.1. The molecule has 2 aromatic rings. The van der Waals surface area contributed by atoms with Crippen molar-refractivity contribution in [3.63, 3.8) is 0 Å². The largest absolute Gasteiger partial charge is 0.464 e. The predicted molar refractivity (Wildman–Crippen MR) is 96.1 cm³/mol. The standard InChI is InChI=1S/C17H19N3O5S/c1-2-24-17(23)15-11(12-4-3-7-25-12)10-26-16(15)19-14(22)9-20-6-5-18-13(21)8-20/h3-4,7,10H,2,5-6,8-9H2,1H3,(H,18,21)(H,19,22). The van der Waals surface area contributed by atoms with E-state index in [9.17, 15) is 14.4 Å². The van der Waals surface area contributed by atoms with Crippen LogP contribution >= 0.6 is 11.3 Å². The molecule has 3 heterocycles. The summed E-state index contributed by atoms with van der Waals surface area (Å²) in [6, 6.07) is 3.46. The lowest BCUT2D eigenvalue weighted by Gasteiger charge is -2.25. The van der Waals surface area contributed by atoms with Gasteiger partial charge in [-0.05, 0) is 19.1 Å². The Hall–Kier alpha value is -2.65. The van der Waals surface area contributed by atoms with E-state index in [4.69, 9.17) is 9.15 Å². The van der Waals surface area contributed by atoms with Gasteiger partial charge in [-0.15, -0.1) is 11.3 Å². The van der Waals surface area contributed by atoms with Crippen molar-refractivity contribution in [2.75, 3.05) is 38.1 Å². The topological polar surface area (TPSA) is 101 Å². The number of nitrogens with one attached hydrogen (secondary N) is 2. The molecule has 9 heteroatoms. The van der Waals surface area contributed by atoms with E-state index in [0.29, 0.717) is 29.4 Å². The molecule has 0 unspecified atom stereocenters. The molecule has 3 rings (SSSR count). The molecule has 1 aliphatic rings. The molecule has 138 valence electrons. The van der Waals surface area contributed by atoms with Crippen LogP contribution in [0.2, 0.25) is 0 Å². The van der Waals surface area contributed by atoms with Crippen molar-refractivity contribution >= 4 is 34.1 Å². The molecule has 1 fully saturated rings. The number of thiophene rings is 1. The Bertz CT molecular complexity index is 799. The van der Waals surface area contributed by atoms with Gasteiger partial charge in [-0.1, -0.05) is 0 Å². The molecule has 26 heavy (non-hydrogen) atoms. The van der Waals surface area contributed by atoms with Crippen molar-refractivity contribution in [3.05, 3.63) is 29.3 Å². The van der Waals surface area contributed by atoms with Gasteiger partial charge in [-0.2, -0.15) is 0 Å². The van der Waals surface area contributed by atoms with Crippen molar-refractivity contribution in [1.82, 2.24) is 10.2 Å². The monoisotopic (exact) mass is 377 g/mol. The second kappa shape index (κ2) is 8.15. The van der Waals surface area contributed by atoms with Crippen molar-refractivity contribution in [2.24, 2.45) is 0 Å². The molecule has 0 aliphatic carbocycles. The van der Waals surface area contributed by atoms with E-state index in [-0.39, 0.29) is 37.1 Å². The van der Waals surface area contributed by atoms with Gasteiger partial charge in [-0.3, -0.25) is 14.5 Å². The maximum absolute atomic E-state index is 12.4. The van der Waals surface area contributed by atoms with Gasteiger partial charge < -0.3 is 19.8 Å². The quantitative estimate of drug-likeness (QED) is 0.741. The molecule has 0 aromatic carbocycles. The van der Waals surface area contributed by atoms with E-state index < -0.39 is 5.97 Å². The molecule has 2 aromatic heterocycles. The molecule has 0 atom stereocenters. The van der Waals surface area contributed by atoms with Crippen LogP contribution in [-0.2, 0) is 14.3 Å². The number of anilines is 1. The summed E-state index contributed by atoms with van der Waals surface area (Å²) in [6.07, 6.45) is 1.52. The van der Waals surface area contributed by atoms with E-state index >= 15 is 0 Å². The number of amides is 2. The molecular weight excluding hydrogens is 358 g/mol. The third-order valence-corrected chi connectivity index (χ3v) is 4.69. The minimum absolute atomic E-state index is 0.0731. The molecular formula is C17H19N3O5S. The van der Waals surface area contributed by atoms with Crippen LogP contribution in [0.4, 0.5) is 5.00 Å². The first-order valence-corrected chi connectivity index (χ1v) is 9.07. The van der Waals surface area contributed by atoms with Gasteiger partial charge in [0.1, 0.15) is 16.3 Å². The number of rotatable bonds is 6. The number of carbonyl (C=O) groups is 3. The smallest absolute Gasteiger partial charge is 0.341 e. The van der Waals surface area contributed by atoms with E-state index in [1.54, 1.807) is 29.3 Å². The predicted octanol–water partition coefficient (Wildman–Crippen LogP) is 1.56. The maximum atomic E-state index is 12.4. The summed E-state index contributed by atoms with van der Waals surface area (Å²) in [4.78, 5) is 37.9. The van der Waals surface area contributed by atoms with Crippen LogP contribution in [0.1, 0.15) is 17.3 Å². The van der Waals surface area contributed by atoms with Gasteiger partial charge in [0.05, 0.1) is 26.0 Å². The SMILES string of the molecule is CCOC(=O)c1c(-c2ccco2)csc1NC(=O)CN1CCNC(=O)C1. The van der Waals surface area contributed by atoms with Crippen LogP contribution in [0.25, 0.3) is 11.3 Å². The highest BCUT2D eigenvalue weighted by Crippen LogP contribution is 2.36. The summed E-state index contributed by atoms with van der Waals surface area (Å²) in [5.74, 6) is -0.393. The Kier molecular flexibility index (Phi) is 5.69. The van der Waals surface area contributed by atoms with Crippen LogP contribution < -0.4 is 10.6 Å². The van der Waals surface area contributed by atoms with Gasteiger partial charge in [0.15, 0.2) is 0 Å². The molecule has 1 saturated heterocycles. The number of hydrogen-bond acceptors (Lipinski definition) is 7. The Labute approximate surface area is 154 Å².